The highest BCUT2D eigenvalue weighted by Crippen LogP contribution is 2.32. The minimum atomic E-state index is -0.108. The van der Waals surface area contributed by atoms with Gasteiger partial charge in [0.05, 0.1) is 12.7 Å². The van der Waals surface area contributed by atoms with Crippen LogP contribution in [0, 0.1) is 6.92 Å². The molecule has 0 atom stereocenters. The largest absolute Gasteiger partial charge is 0.492 e. The van der Waals surface area contributed by atoms with Crippen LogP contribution in [0.4, 0.5) is 0 Å². The number of aromatic nitrogens is 1. The SMILES string of the molecule is COc1c(OCc2ccc(C)cc2)cccc1C(=O)c1c[nH]c2c1=CCCN=2. The number of H-pyrrole nitrogens is 1. The number of aryl methyl sites for hydroxylation is 1. The molecule has 0 aliphatic carbocycles. The summed E-state index contributed by atoms with van der Waals surface area (Å²) in [4.78, 5) is 20.7. The number of nitrogens with zero attached hydrogens (tertiary/aromatic N) is 1. The molecule has 0 saturated heterocycles. The molecule has 2 heterocycles. The molecule has 5 nitrogen and oxygen atoms in total. The molecule has 0 fully saturated rings. The molecule has 3 aromatic rings. The van der Waals surface area contributed by atoms with Crippen molar-refractivity contribution in [3.05, 3.63) is 81.6 Å². The second-order valence-electron chi connectivity index (χ2n) is 6.78. The standard InChI is InChI=1S/C23H22N2O3/c1-15-8-10-16(11-9-15)14-28-20-7-3-5-18(22(20)27-2)21(26)19-13-25-23-17(19)6-4-12-24-23/h3,5-11,13H,4,12,14H2,1-2H3,(H,24,25). The van der Waals surface area contributed by atoms with Crippen LogP contribution in [0.25, 0.3) is 6.08 Å². The van der Waals surface area contributed by atoms with Crippen molar-refractivity contribution in [1.29, 1.82) is 0 Å². The third kappa shape index (κ3) is 3.43. The van der Waals surface area contributed by atoms with Gasteiger partial charge in [-0.2, -0.15) is 0 Å². The summed E-state index contributed by atoms with van der Waals surface area (Å²) in [5.41, 5.74) is 4.10. The molecule has 0 amide bonds. The molecule has 1 aliphatic rings. The second kappa shape index (κ2) is 7.72. The van der Waals surface area contributed by atoms with Gasteiger partial charge in [0, 0.05) is 23.5 Å². The molecule has 2 aromatic carbocycles. The van der Waals surface area contributed by atoms with Crippen LogP contribution in [0.3, 0.4) is 0 Å². The highest BCUT2D eigenvalue weighted by molar-refractivity contribution is 6.11. The van der Waals surface area contributed by atoms with Gasteiger partial charge in [0.15, 0.2) is 17.3 Å². The van der Waals surface area contributed by atoms with E-state index in [0.717, 1.165) is 29.2 Å². The maximum atomic E-state index is 13.2. The van der Waals surface area contributed by atoms with E-state index in [1.807, 2.05) is 43.3 Å². The van der Waals surface area contributed by atoms with E-state index < -0.39 is 0 Å². The number of para-hydroxylation sites is 1. The van der Waals surface area contributed by atoms with Crippen LogP contribution in [0.15, 0.2) is 53.7 Å². The Morgan fingerprint density at radius 1 is 1.14 bits per heavy atom. The van der Waals surface area contributed by atoms with Gasteiger partial charge in [-0.1, -0.05) is 42.0 Å². The molecular weight excluding hydrogens is 352 g/mol. The molecule has 0 radical (unpaired) electrons. The van der Waals surface area contributed by atoms with Gasteiger partial charge in [0.25, 0.3) is 0 Å². The number of hydrogen-bond donors (Lipinski definition) is 1. The smallest absolute Gasteiger partial charge is 0.199 e. The Morgan fingerprint density at radius 2 is 1.96 bits per heavy atom. The van der Waals surface area contributed by atoms with E-state index in [9.17, 15) is 4.79 Å². The number of fused-ring (bicyclic) bond motifs is 1. The Labute approximate surface area is 163 Å². The van der Waals surface area contributed by atoms with Crippen molar-refractivity contribution in [1.82, 2.24) is 4.98 Å². The summed E-state index contributed by atoms with van der Waals surface area (Å²) in [6.45, 7) is 3.19. The third-order valence-corrected chi connectivity index (χ3v) is 4.83. The number of carbonyl (C=O) groups is 1. The molecule has 0 saturated carbocycles. The van der Waals surface area contributed by atoms with E-state index in [1.165, 1.54) is 5.56 Å². The number of ether oxygens (including phenoxy) is 2. The zero-order valence-corrected chi connectivity index (χ0v) is 16.0. The summed E-state index contributed by atoms with van der Waals surface area (Å²) >= 11 is 0. The van der Waals surface area contributed by atoms with E-state index in [-0.39, 0.29) is 5.78 Å². The van der Waals surface area contributed by atoms with E-state index in [4.69, 9.17) is 9.47 Å². The first-order valence-electron chi connectivity index (χ1n) is 9.29. The number of methoxy groups -OCH3 is 1. The van der Waals surface area contributed by atoms with Gasteiger partial charge in [0.2, 0.25) is 0 Å². The Hall–Kier alpha value is -3.34. The first kappa shape index (κ1) is 18.0. The average Bonchev–Trinajstić information content (AvgIpc) is 3.16. The van der Waals surface area contributed by atoms with Gasteiger partial charge < -0.3 is 14.5 Å². The van der Waals surface area contributed by atoms with Crippen molar-refractivity contribution in [2.75, 3.05) is 13.7 Å². The van der Waals surface area contributed by atoms with Crippen molar-refractivity contribution < 1.29 is 14.3 Å². The molecule has 1 N–H and O–H groups in total. The van der Waals surface area contributed by atoms with Crippen molar-refractivity contribution in [2.45, 2.75) is 20.0 Å². The van der Waals surface area contributed by atoms with Crippen molar-refractivity contribution in [3.63, 3.8) is 0 Å². The van der Waals surface area contributed by atoms with Crippen LogP contribution in [0.2, 0.25) is 0 Å². The number of aromatic amines is 1. The van der Waals surface area contributed by atoms with Gasteiger partial charge in [-0.25, -0.2) is 0 Å². The number of ketones is 1. The topological polar surface area (TPSA) is 63.7 Å². The van der Waals surface area contributed by atoms with Gasteiger partial charge in [-0.05, 0) is 31.0 Å². The lowest BCUT2D eigenvalue weighted by molar-refractivity contribution is 0.103. The van der Waals surface area contributed by atoms with Crippen LogP contribution in [-0.2, 0) is 6.61 Å². The van der Waals surface area contributed by atoms with E-state index in [2.05, 4.69) is 16.1 Å². The fourth-order valence-corrected chi connectivity index (χ4v) is 3.34. The van der Waals surface area contributed by atoms with E-state index in [1.54, 1.807) is 19.4 Å². The Morgan fingerprint density at radius 3 is 2.75 bits per heavy atom. The van der Waals surface area contributed by atoms with Crippen LogP contribution in [0.5, 0.6) is 11.5 Å². The summed E-state index contributed by atoms with van der Waals surface area (Å²) in [6.07, 6.45) is 4.61. The predicted molar refractivity (Wildman–Crippen MR) is 107 cm³/mol. The third-order valence-electron chi connectivity index (χ3n) is 4.83. The number of carbonyl (C=O) groups excluding carboxylic acids is 1. The molecule has 5 heteroatoms. The lowest BCUT2D eigenvalue weighted by Gasteiger charge is -2.14. The van der Waals surface area contributed by atoms with Gasteiger partial charge in [0.1, 0.15) is 12.1 Å². The highest BCUT2D eigenvalue weighted by atomic mass is 16.5. The number of nitrogens with one attached hydrogen (secondary N) is 1. The van der Waals surface area contributed by atoms with Gasteiger partial charge in [-0.15, -0.1) is 0 Å². The van der Waals surface area contributed by atoms with E-state index >= 15 is 0 Å². The summed E-state index contributed by atoms with van der Waals surface area (Å²) in [6, 6.07) is 13.5. The normalized spacial score (nSPS) is 12.5. The Bertz CT molecular complexity index is 1130. The van der Waals surface area contributed by atoms with Crippen LogP contribution < -0.4 is 20.2 Å². The molecule has 142 valence electrons. The van der Waals surface area contributed by atoms with Crippen molar-refractivity contribution in [3.8, 4) is 11.5 Å². The summed E-state index contributed by atoms with van der Waals surface area (Å²) < 4.78 is 11.5. The summed E-state index contributed by atoms with van der Waals surface area (Å²) in [5.74, 6) is 0.887. The van der Waals surface area contributed by atoms with Gasteiger partial charge in [-0.3, -0.25) is 9.79 Å². The van der Waals surface area contributed by atoms with Gasteiger partial charge >= 0.3 is 0 Å². The van der Waals surface area contributed by atoms with Crippen LogP contribution >= 0.6 is 0 Å². The molecule has 0 unspecified atom stereocenters. The minimum Gasteiger partial charge on any atom is -0.492 e. The Kier molecular flexibility index (Phi) is 4.98. The van der Waals surface area contributed by atoms with Crippen molar-refractivity contribution >= 4 is 11.9 Å². The molecule has 1 aromatic heterocycles. The second-order valence-corrected chi connectivity index (χ2v) is 6.78. The number of benzene rings is 2. The lowest BCUT2D eigenvalue weighted by Crippen LogP contribution is -2.30. The zero-order valence-electron chi connectivity index (χ0n) is 16.0. The highest BCUT2D eigenvalue weighted by Gasteiger charge is 2.20. The zero-order chi connectivity index (χ0) is 19.5. The number of rotatable bonds is 6. The average molecular weight is 374 g/mol. The Balaban J connectivity index is 1.65. The molecule has 28 heavy (non-hydrogen) atoms. The fourth-order valence-electron chi connectivity index (χ4n) is 3.34. The molecule has 1 aliphatic heterocycles. The van der Waals surface area contributed by atoms with E-state index in [0.29, 0.717) is 29.2 Å². The maximum Gasteiger partial charge on any atom is 0.199 e. The van der Waals surface area contributed by atoms with Crippen LogP contribution in [0.1, 0.15) is 33.5 Å². The molecule has 0 bridgehead atoms. The molecular formula is C23H22N2O3. The lowest BCUT2D eigenvalue weighted by atomic mass is 10.0. The quantitative estimate of drug-likeness (QED) is 0.675. The molecule has 0 spiro atoms. The monoisotopic (exact) mass is 374 g/mol. The minimum absolute atomic E-state index is 0.108. The predicted octanol–water partition coefficient (Wildman–Crippen LogP) is 2.95. The van der Waals surface area contributed by atoms with Crippen LogP contribution in [-0.4, -0.2) is 24.4 Å². The van der Waals surface area contributed by atoms with Crippen molar-refractivity contribution in [2.24, 2.45) is 4.99 Å². The first-order valence-corrected chi connectivity index (χ1v) is 9.29. The summed E-state index contributed by atoms with van der Waals surface area (Å²) in [5, 5.41) is 0.865. The molecule has 4 rings (SSSR count). The number of hydrogen-bond acceptors (Lipinski definition) is 4. The fraction of sp³-hybridized carbons (Fsp3) is 0.217. The first-order chi connectivity index (χ1) is 13.7. The maximum absolute atomic E-state index is 13.2. The summed E-state index contributed by atoms with van der Waals surface area (Å²) in [7, 11) is 1.55.